The highest BCUT2D eigenvalue weighted by Crippen LogP contribution is 2.24. The van der Waals surface area contributed by atoms with Crippen LogP contribution in [0.3, 0.4) is 0 Å². The number of nitrogens with zero attached hydrogens (tertiary/aromatic N) is 1. The van der Waals surface area contributed by atoms with Crippen molar-refractivity contribution in [3.8, 4) is 0 Å². The van der Waals surface area contributed by atoms with Gasteiger partial charge < -0.3 is 4.42 Å². The Morgan fingerprint density at radius 1 is 1.07 bits per heavy atom. The van der Waals surface area contributed by atoms with E-state index in [1.807, 2.05) is 30.3 Å². The molecule has 0 atom stereocenters. The maximum Gasteiger partial charge on any atom is 0.153 e. The first-order chi connectivity index (χ1) is 6.86. The van der Waals surface area contributed by atoms with Crippen LogP contribution in [0.25, 0.3) is 22.1 Å². The van der Waals surface area contributed by atoms with Gasteiger partial charge in [0.05, 0.1) is 0 Å². The molecule has 2 nitrogen and oxygen atoms in total. The number of hydrogen-bond donors (Lipinski definition) is 0. The monoisotopic (exact) mass is 179 g/mol. The topological polar surface area (TPSA) is 26.0 Å². The van der Waals surface area contributed by atoms with Crippen LogP contribution < -0.4 is 5.46 Å². The van der Waals surface area contributed by atoms with Crippen molar-refractivity contribution in [2.75, 3.05) is 0 Å². The predicted molar refractivity (Wildman–Crippen MR) is 56.9 cm³/mol. The molecule has 0 fully saturated rings. The van der Waals surface area contributed by atoms with Gasteiger partial charge in [-0.25, -0.2) is 0 Å². The van der Waals surface area contributed by atoms with Gasteiger partial charge in [0.15, 0.2) is 5.58 Å². The Labute approximate surface area is 82.0 Å². The first kappa shape index (κ1) is 7.62. The zero-order chi connectivity index (χ0) is 9.54. The summed E-state index contributed by atoms with van der Waals surface area (Å²) in [6, 6.07) is 9.36. The van der Waals surface area contributed by atoms with Gasteiger partial charge in [-0.05, 0) is 18.2 Å². The molecule has 0 aliphatic carbocycles. The van der Waals surface area contributed by atoms with E-state index >= 15 is 0 Å². The first-order valence-electron chi connectivity index (χ1n) is 4.38. The molecule has 0 bridgehead atoms. The molecule has 3 rings (SSSR count). The van der Waals surface area contributed by atoms with Gasteiger partial charge in [0.1, 0.15) is 18.9 Å². The molecule has 0 saturated heterocycles. The molecule has 2 aromatic heterocycles. The standard InChI is InChI=1S/C11H6BNO/c12-7-3-1-4-8-10(7)11-9(14-8)5-2-6-13-11/h1-6H. The van der Waals surface area contributed by atoms with E-state index in [0.29, 0.717) is 5.46 Å². The number of furan rings is 1. The van der Waals surface area contributed by atoms with E-state index in [1.165, 1.54) is 0 Å². The van der Waals surface area contributed by atoms with Crippen molar-refractivity contribution in [1.82, 2.24) is 4.98 Å². The highest BCUT2D eigenvalue weighted by molar-refractivity contribution is 6.40. The van der Waals surface area contributed by atoms with Gasteiger partial charge in [-0.3, -0.25) is 4.98 Å². The summed E-state index contributed by atoms with van der Waals surface area (Å²) in [6.07, 6.45) is 1.74. The van der Waals surface area contributed by atoms with Crippen molar-refractivity contribution in [3.63, 3.8) is 0 Å². The van der Waals surface area contributed by atoms with Crippen LogP contribution in [0.15, 0.2) is 40.9 Å². The van der Waals surface area contributed by atoms with E-state index in [9.17, 15) is 0 Å². The van der Waals surface area contributed by atoms with Crippen LogP contribution in [0.4, 0.5) is 0 Å². The van der Waals surface area contributed by atoms with Crippen molar-refractivity contribution in [2.45, 2.75) is 0 Å². The van der Waals surface area contributed by atoms with Gasteiger partial charge >= 0.3 is 0 Å². The van der Waals surface area contributed by atoms with Gasteiger partial charge in [0.2, 0.25) is 0 Å². The molecule has 3 aromatic rings. The first-order valence-corrected chi connectivity index (χ1v) is 4.38. The lowest BCUT2D eigenvalue weighted by atomic mass is 9.92. The number of rotatable bonds is 0. The second-order valence-corrected chi connectivity index (χ2v) is 3.17. The summed E-state index contributed by atoms with van der Waals surface area (Å²) in [4.78, 5) is 4.26. The van der Waals surface area contributed by atoms with Gasteiger partial charge in [0, 0.05) is 11.6 Å². The second-order valence-electron chi connectivity index (χ2n) is 3.17. The third-order valence-corrected chi connectivity index (χ3v) is 2.29. The van der Waals surface area contributed by atoms with Crippen molar-refractivity contribution in [2.24, 2.45) is 0 Å². The minimum Gasteiger partial charge on any atom is -0.454 e. The summed E-state index contributed by atoms with van der Waals surface area (Å²) in [5.74, 6) is 0. The number of pyridine rings is 1. The zero-order valence-corrected chi connectivity index (χ0v) is 7.40. The predicted octanol–water partition coefficient (Wildman–Crippen LogP) is 1.77. The molecule has 1 aromatic carbocycles. The van der Waals surface area contributed by atoms with Crippen LogP contribution in [0.2, 0.25) is 0 Å². The zero-order valence-electron chi connectivity index (χ0n) is 7.40. The number of aromatic nitrogens is 1. The fourth-order valence-corrected chi connectivity index (χ4v) is 1.67. The molecule has 2 radical (unpaired) electrons. The van der Waals surface area contributed by atoms with Crippen LogP contribution in [0, 0.1) is 0 Å². The number of benzene rings is 1. The molecule has 14 heavy (non-hydrogen) atoms. The van der Waals surface area contributed by atoms with Crippen molar-refractivity contribution >= 4 is 35.4 Å². The molecule has 64 valence electrons. The Kier molecular flexibility index (Phi) is 1.42. The Morgan fingerprint density at radius 2 is 1.93 bits per heavy atom. The van der Waals surface area contributed by atoms with Crippen LogP contribution in [-0.4, -0.2) is 12.8 Å². The highest BCUT2D eigenvalue weighted by Gasteiger charge is 2.07. The van der Waals surface area contributed by atoms with Crippen molar-refractivity contribution in [1.29, 1.82) is 0 Å². The fourth-order valence-electron chi connectivity index (χ4n) is 1.67. The van der Waals surface area contributed by atoms with Crippen LogP contribution in [-0.2, 0) is 0 Å². The fraction of sp³-hybridized carbons (Fsp3) is 0. The normalized spacial score (nSPS) is 11.1. The second kappa shape index (κ2) is 2.61. The smallest absolute Gasteiger partial charge is 0.153 e. The molecule has 0 aliphatic heterocycles. The summed E-state index contributed by atoms with van der Waals surface area (Å²) in [5, 5.41) is 0.906. The van der Waals surface area contributed by atoms with E-state index in [-0.39, 0.29) is 0 Å². The van der Waals surface area contributed by atoms with Crippen LogP contribution >= 0.6 is 0 Å². The van der Waals surface area contributed by atoms with Crippen LogP contribution in [0.1, 0.15) is 0 Å². The molecule has 0 aliphatic rings. The molecule has 0 N–H and O–H groups in total. The van der Waals surface area contributed by atoms with Gasteiger partial charge in [-0.15, -0.1) is 0 Å². The van der Waals surface area contributed by atoms with E-state index < -0.39 is 0 Å². The molecular weight excluding hydrogens is 173 g/mol. The van der Waals surface area contributed by atoms with E-state index in [0.717, 1.165) is 22.1 Å². The van der Waals surface area contributed by atoms with E-state index in [4.69, 9.17) is 12.3 Å². The molecule has 2 heterocycles. The summed E-state index contributed by atoms with van der Waals surface area (Å²) in [7, 11) is 5.87. The van der Waals surface area contributed by atoms with E-state index in [1.54, 1.807) is 6.20 Å². The Morgan fingerprint density at radius 3 is 2.86 bits per heavy atom. The largest absolute Gasteiger partial charge is 0.454 e. The lowest BCUT2D eigenvalue weighted by molar-refractivity contribution is 0.668. The maximum absolute atomic E-state index is 5.87. The highest BCUT2D eigenvalue weighted by atomic mass is 16.3. The van der Waals surface area contributed by atoms with Gasteiger partial charge in [-0.2, -0.15) is 0 Å². The molecule has 3 heteroatoms. The average molecular weight is 179 g/mol. The molecular formula is C11H6BNO. The quantitative estimate of drug-likeness (QED) is 0.491. The third kappa shape index (κ3) is 0.895. The van der Waals surface area contributed by atoms with Crippen molar-refractivity contribution in [3.05, 3.63) is 36.5 Å². The molecule has 0 saturated carbocycles. The molecule has 0 unspecified atom stereocenters. The molecule has 0 amide bonds. The third-order valence-electron chi connectivity index (χ3n) is 2.29. The SMILES string of the molecule is [B]c1cccc2oc3cccnc3c12. The minimum absolute atomic E-state index is 0.708. The van der Waals surface area contributed by atoms with Crippen molar-refractivity contribution < 1.29 is 4.42 Å². The van der Waals surface area contributed by atoms with Gasteiger partial charge in [0.25, 0.3) is 0 Å². The number of fused-ring (bicyclic) bond motifs is 3. The summed E-state index contributed by atoms with van der Waals surface area (Å²) >= 11 is 0. The summed E-state index contributed by atoms with van der Waals surface area (Å²) in [5.41, 5.74) is 3.11. The lowest BCUT2D eigenvalue weighted by Crippen LogP contribution is -2.01. The maximum atomic E-state index is 5.87. The summed E-state index contributed by atoms with van der Waals surface area (Å²) in [6.45, 7) is 0. The lowest BCUT2D eigenvalue weighted by Gasteiger charge is -1.92. The Hall–Kier alpha value is -1.77. The Bertz CT molecular complexity index is 615. The van der Waals surface area contributed by atoms with E-state index in [2.05, 4.69) is 4.98 Å². The Balaban J connectivity index is 2.65. The average Bonchev–Trinajstić information content (AvgIpc) is 2.57. The molecule has 0 spiro atoms. The number of hydrogen-bond acceptors (Lipinski definition) is 2. The van der Waals surface area contributed by atoms with Crippen LogP contribution in [0.5, 0.6) is 0 Å². The van der Waals surface area contributed by atoms with Gasteiger partial charge in [-0.1, -0.05) is 17.6 Å². The minimum atomic E-state index is 0.708. The summed E-state index contributed by atoms with van der Waals surface area (Å²) < 4.78 is 5.59.